The van der Waals surface area contributed by atoms with E-state index < -0.39 is 0 Å². The van der Waals surface area contributed by atoms with Crippen molar-refractivity contribution in [2.75, 3.05) is 32.9 Å². The number of aryl methyl sites for hydroxylation is 1. The first-order chi connectivity index (χ1) is 8.24. The van der Waals surface area contributed by atoms with Crippen molar-refractivity contribution in [3.63, 3.8) is 0 Å². The largest absolute Gasteiger partial charge is 0.343 e. The van der Waals surface area contributed by atoms with Crippen LogP contribution in [0.15, 0.2) is 11.4 Å². The molecule has 2 heterocycles. The Kier molecular flexibility index (Phi) is 6.49. The van der Waals surface area contributed by atoms with E-state index in [4.69, 9.17) is 0 Å². The molecule has 102 valence electrons. The second kappa shape index (κ2) is 7.38. The van der Waals surface area contributed by atoms with E-state index in [-0.39, 0.29) is 23.6 Å². The van der Waals surface area contributed by atoms with Crippen molar-refractivity contribution in [2.45, 2.75) is 11.7 Å². The molecular weight excluding hydrogens is 288 g/mol. The molecule has 0 spiro atoms. The lowest BCUT2D eigenvalue weighted by atomic mass is 10.1. The quantitative estimate of drug-likeness (QED) is 0.925. The highest BCUT2D eigenvalue weighted by molar-refractivity contribution is 8.00. The minimum Gasteiger partial charge on any atom is -0.343 e. The molecule has 6 heteroatoms. The van der Waals surface area contributed by atoms with Crippen LogP contribution in [0, 0.1) is 0 Å². The maximum absolute atomic E-state index is 12.3. The number of carbonyl (C=O) groups excluding carboxylic acids is 1. The zero-order chi connectivity index (χ0) is 12.3. The molecule has 3 nitrogen and oxygen atoms in total. The van der Waals surface area contributed by atoms with Gasteiger partial charge in [-0.15, -0.1) is 35.5 Å². The molecule has 0 fully saturated rings. The number of carbonyl (C=O) groups is 1. The maximum atomic E-state index is 12.3. The Balaban J connectivity index is 0.00000162. The third-order valence-electron chi connectivity index (χ3n) is 2.97. The van der Waals surface area contributed by atoms with Crippen LogP contribution in [0.2, 0.25) is 0 Å². The number of likely N-dealkylation sites (N-methyl/N-ethyl adjacent to an activating group) is 2. The lowest BCUT2D eigenvalue weighted by Gasteiger charge is -2.26. The van der Waals surface area contributed by atoms with Crippen LogP contribution in [0.1, 0.15) is 15.7 Å². The first-order valence-corrected chi connectivity index (χ1v) is 7.74. The van der Waals surface area contributed by atoms with Crippen LogP contribution in [0.25, 0.3) is 0 Å². The van der Waals surface area contributed by atoms with E-state index in [1.807, 2.05) is 19.0 Å². The van der Waals surface area contributed by atoms with Crippen LogP contribution in [-0.2, 0) is 11.2 Å². The van der Waals surface area contributed by atoms with Gasteiger partial charge >= 0.3 is 0 Å². The number of thiophene rings is 1. The Hall–Kier alpha value is -0.230. The van der Waals surface area contributed by atoms with Gasteiger partial charge in [0.15, 0.2) is 0 Å². The summed E-state index contributed by atoms with van der Waals surface area (Å²) in [5.74, 6) is 1.30. The number of hydrogen-bond donors (Lipinski definition) is 1. The zero-order valence-corrected chi connectivity index (χ0v) is 13.1. The van der Waals surface area contributed by atoms with Crippen molar-refractivity contribution in [3.8, 4) is 0 Å². The molecule has 1 aliphatic heterocycles. The van der Waals surface area contributed by atoms with E-state index in [1.165, 1.54) is 10.4 Å². The molecule has 18 heavy (non-hydrogen) atoms. The topological polar surface area (TPSA) is 32.3 Å². The first kappa shape index (κ1) is 15.8. The van der Waals surface area contributed by atoms with E-state index in [0.29, 0.717) is 0 Å². The minimum absolute atomic E-state index is 0. The predicted molar refractivity (Wildman–Crippen MR) is 82.0 cm³/mol. The summed E-state index contributed by atoms with van der Waals surface area (Å²) in [6.07, 6.45) is 1.11. The molecule has 1 atom stereocenters. The third kappa shape index (κ3) is 3.41. The molecule has 0 aromatic carbocycles. The van der Waals surface area contributed by atoms with Gasteiger partial charge in [-0.1, -0.05) is 0 Å². The fourth-order valence-electron chi connectivity index (χ4n) is 1.94. The van der Waals surface area contributed by atoms with Gasteiger partial charge in [0.25, 0.3) is 0 Å². The highest BCUT2D eigenvalue weighted by Crippen LogP contribution is 2.40. The van der Waals surface area contributed by atoms with Gasteiger partial charge in [0, 0.05) is 25.0 Å². The number of amides is 1. The minimum atomic E-state index is 0. The monoisotopic (exact) mass is 306 g/mol. The van der Waals surface area contributed by atoms with Crippen LogP contribution in [-0.4, -0.2) is 43.7 Å². The zero-order valence-electron chi connectivity index (χ0n) is 10.6. The molecule has 2 rings (SSSR count). The molecule has 1 amide bonds. The van der Waals surface area contributed by atoms with Crippen LogP contribution in [0.3, 0.4) is 0 Å². The first-order valence-electron chi connectivity index (χ1n) is 5.81. The average Bonchev–Trinajstić information content (AvgIpc) is 2.82. The van der Waals surface area contributed by atoms with Gasteiger partial charge in [0.05, 0.1) is 0 Å². The Labute approximate surface area is 123 Å². The Bertz CT molecular complexity index is 397. The fourth-order valence-corrected chi connectivity index (χ4v) is 4.35. The van der Waals surface area contributed by atoms with E-state index in [1.54, 1.807) is 23.1 Å². The van der Waals surface area contributed by atoms with Gasteiger partial charge in [-0.05, 0) is 36.2 Å². The number of halogens is 1. The van der Waals surface area contributed by atoms with Gasteiger partial charge < -0.3 is 10.2 Å². The Morgan fingerprint density at radius 1 is 1.61 bits per heavy atom. The smallest absolute Gasteiger partial charge is 0.240 e. The normalized spacial score (nSPS) is 17.8. The van der Waals surface area contributed by atoms with E-state index in [9.17, 15) is 4.79 Å². The molecule has 0 bridgehead atoms. The second-order valence-corrected chi connectivity index (χ2v) is 6.38. The summed E-state index contributed by atoms with van der Waals surface area (Å²) in [6, 6.07) is 2.11. The lowest BCUT2D eigenvalue weighted by Crippen LogP contribution is -2.36. The maximum Gasteiger partial charge on any atom is 0.240 e. The van der Waals surface area contributed by atoms with Gasteiger partial charge in [-0.25, -0.2) is 0 Å². The van der Waals surface area contributed by atoms with Crippen molar-refractivity contribution in [1.29, 1.82) is 0 Å². The molecule has 0 saturated heterocycles. The van der Waals surface area contributed by atoms with Crippen molar-refractivity contribution in [2.24, 2.45) is 0 Å². The standard InChI is InChI=1S/C12H18N2OS2.ClH/c1-13-5-6-14(2)12(15)11-9-3-7-16-10(9)4-8-17-11;/h3,7,11,13H,4-6,8H2,1-2H3;1H. The molecule has 0 aliphatic carbocycles. The Morgan fingerprint density at radius 2 is 2.39 bits per heavy atom. The summed E-state index contributed by atoms with van der Waals surface area (Å²) in [4.78, 5) is 15.6. The fraction of sp³-hybridized carbons (Fsp3) is 0.583. The van der Waals surface area contributed by atoms with Crippen LogP contribution in [0.4, 0.5) is 0 Å². The molecule has 1 aromatic heterocycles. The number of thioether (sulfide) groups is 1. The van der Waals surface area contributed by atoms with E-state index in [2.05, 4.69) is 16.8 Å². The van der Waals surface area contributed by atoms with Crippen molar-refractivity contribution >= 4 is 41.4 Å². The lowest BCUT2D eigenvalue weighted by molar-refractivity contribution is -0.129. The molecule has 0 radical (unpaired) electrons. The van der Waals surface area contributed by atoms with Crippen LogP contribution >= 0.6 is 35.5 Å². The average molecular weight is 307 g/mol. The van der Waals surface area contributed by atoms with Gasteiger partial charge in [0.1, 0.15) is 5.25 Å². The summed E-state index contributed by atoms with van der Waals surface area (Å²) >= 11 is 3.56. The number of fused-ring (bicyclic) bond motifs is 1. The summed E-state index contributed by atoms with van der Waals surface area (Å²) in [5.41, 5.74) is 1.24. The van der Waals surface area contributed by atoms with Crippen molar-refractivity contribution in [3.05, 3.63) is 21.9 Å². The highest BCUT2D eigenvalue weighted by Gasteiger charge is 2.29. The SMILES string of the molecule is CNCCN(C)C(=O)C1SCCc2sccc21.Cl. The number of nitrogens with zero attached hydrogens (tertiary/aromatic N) is 1. The predicted octanol–water partition coefficient (Wildman–Crippen LogP) is 2.18. The molecular formula is C12H19ClN2OS2. The summed E-state index contributed by atoms with van der Waals surface area (Å²) in [6.45, 7) is 1.61. The van der Waals surface area contributed by atoms with Gasteiger partial charge in [0.2, 0.25) is 5.91 Å². The second-order valence-electron chi connectivity index (χ2n) is 4.16. The van der Waals surface area contributed by atoms with Crippen LogP contribution < -0.4 is 5.32 Å². The van der Waals surface area contributed by atoms with Gasteiger partial charge in [-0.3, -0.25) is 4.79 Å². The van der Waals surface area contributed by atoms with E-state index in [0.717, 1.165) is 25.3 Å². The van der Waals surface area contributed by atoms with Crippen molar-refractivity contribution < 1.29 is 4.79 Å². The summed E-state index contributed by atoms with van der Waals surface area (Å²) < 4.78 is 0. The van der Waals surface area contributed by atoms with E-state index >= 15 is 0 Å². The number of nitrogens with one attached hydrogen (secondary N) is 1. The molecule has 1 aromatic rings. The summed E-state index contributed by atoms with van der Waals surface area (Å²) in [7, 11) is 3.80. The number of rotatable bonds is 4. The van der Waals surface area contributed by atoms with Crippen molar-refractivity contribution in [1.82, 2.24) is 10.2 Å². The molecule has 0 saturated carbocycles. The van der Waals surface area contributed by atoms with Crippen LogP contribution in [0.5, 0.6) is 0 Å². The Morgan fingerprint density at radius 3 is 3.11 bits per heavy atom. The third-order valence-corrected chi connectivity index (χ3v) is 5.20. The molecule has 1 N–H and O–H groups in total. The van der Waals surface area contributed by atoms with Gasteiger partial charge in [-0.2, -0.15) is 0 Å². The highest BCUT2D eigenvalue weighted by atomic mass is 35.5. The number of hydrogen-bond acceptors (Lipinski definition) is 4. The molecule has 1 aliphatic rings. The molecule has 1 unspecified atom stereocenters. The summed E-state index contributed by atoms with van der Waals surface area (Å²) in [5, 5.41) is 5.19.